The van der Waals surface area contributed by atoms with Crippen molar-refractivity contribution in [1.29, 1.82) is 0 Å². The van der Waals surface area contributed by atoms with Gasteiger partial charge in [0.05, 0.1) is 6.61 Å². The number of rotatable bonds is 5. The van der Waals surface area contributed by atoms with Gasteiger partial charge in [-0.25, -0.2) is 0 Å². The fraction of sp³-hybridized carbons (Fsp3) is 0.571. The first-order valence-electron chi connectivity index (χ1n) is 6.17. The number of aliphatic hydroxyl groups excluding tert-OH is 1. The maximum atomic E-state index is 9.16. The topological polar surface area (TPSA) is 41.5 Å². The molecule has 0 saturated carbocycles. The number of ether oxygens (including phenoxy) is 1. The van der Waals surface area contributed by atoms with Crippen molar-refractivity contribution in [1.82, 2.24) is 5.32 Å². The van der Waals surface area contributed by atoms with E-state index >= 15 is 0 Å². The molecule has 94 valence electrons. The zero-order chi connectivity index (χ0) is 12.3. The number of aliphatic hydroxyl groups is 1. The Morgan fingerprint density at radius 1 is 1.41 bits per heavy atom. The SMILES string of the molecule is CC(C)(CO)CNCc1ccc2c(c1)CCO2. The second kappa shape index (κ2) is 5.07. The number of hydrogen-bond acceptors (Lipinski definition) is 3. The third-order valence-corrected chi connectivity index (χ3v) is 3.11. The Labute approximate surface area is 103 Å². The summed E-state index contributed by atoms with van der Waals surface area (Å²) in [5.41, 5.74) is 2.54. The van der Waals surface area contributed by atoms with Gasteiger partial charge in [0.25, 0.3) is 0 Å². The van der Waals surface area contributed by atoms with Crippen molar-refractivity contribution in [2.75, 3.05) is 19.8 Å². The van der Waals surface area contributed by atoms with E-state index < -0.39 is 0 Å². The lowest BCUT2D eigenvalue weighted by molar-refractivity contribution is 0.156. The standard InChI is InChI=1S/C14H21NO2/c1-14(2,10-16)9-15-8-11-3-4-13-12(7-11)5-6-17-13/h3-4,7,15-16H,5-6,8-10H2,1-2H3. The Balaban J connectivity index is 1.88. The highest BCUT2D eigenvalue weighted by molar-refractivity contribution is 5.39. The van der Waals surface area contributed by atoms with E-state index in [9.17, 15) is 0 Å². The third-order valence-electron chi connectivity index (χ3n) is 3.11. The van der Waals surface area contributed by atoms with Crippen LogP contribution in [0.5, 0.6) is 5.75 Å². The zero-order valence-electron chi connectivity index (χ0n) is 10.6. The Morgan fingerprint density at radius 2 is 2.24 bits per heavy atom. The minimum atomic E-state index is -0.0557. The molecule has 0 unspecified atom stereocenters. The second-order valence-corrected chi connectivity index (χ2v) is 5.47. The summed E-state index contributed by atoms with van der Waals surface area (Å²) in [5.74, 6) is 1.03. The molecule has 1 heterocycles. The van der Waals surface area contributed by atoms with E-state index in [1.54, 1.807) is 0 Å². The first kappa shape index (κ1) is 12.4. The Hall–Kier alpha value is -1.06. The summed E-state index contributed by atoms with van der Waals surface area (Å²) in [4.78, 5) is 0. The molecule has 3 nitrogen and oxygen atoms in total. The molecule has 0 spiro atoms. The van der Waals surface area contributed by atoms with Crippen LogP contribution in [-0.4, -0.2) is 24.9 Å². The fourth-order valence-corrected chi connectivity index (χ4v) is 1.95. The van der Waals surface area contributed by atoms with Gasteiger partial charge in [-0.1, -0.05) is 26.0 Å². The Morgan fingerprint density at radius 3 is 3.00 bits per heavy atom. The molecule has 1 aliphatic heterocycles. The lowest BCUT2D eigenvalue weighted by Crippen LogP contribution is -2.31. The van der Waals surface area contributed by atoms with Gasteiger partial charge >= 0.3 is 0 Å². The molecule has 2 N–H and O–H groups in total. The highest BCUT2D eigenvalue weighted by Crippen LogP contribution is 2.25. The summed E-state index contributed by atoms with van der Waals surface area (Å²) in [5, 5.41) is 12.5. The van der Waals surface area contributed by atoms with Gasteiger partial charge < -0.3 is 15.2 Å². The van der Waals surface area contributed by atoms with Crippen LogP contribution in [0.15, 0.2) is 18.2 Å². The Kier molecular flexibility index (Phi) is 3.69. The molecule has 2 rings (SSSR count). The van der Waals surface area contributed by atoms with Gasteiger partial charge in [-0.2, -0.15) is 0 Å². The van der Waals surface area contributed by atoms with Crippen molar-refractivity contribution in [2.45, 2.75) is 26.8 Å². The first-order chi connectivity index (χ1) is 8.11. The quantitative estimate of drug-likeness (QED) is 0.816. The van der Waals surface area contributed by atoms with Crippen molar-refractivity contribution in [3.8, 4) is 5.75 Å². The molecule has 0 radical (unpaired) electrons. The summed E-state index contributed by atoms with van der Waals surface area (Å²) in [6.45, 7) is 6.78. The molecule has 3 heteroatoms. The van der Waals surface area contributed by atoms with Crippen LogP contribution in [-0.2, 0) is 13.0 Å². The number of fused-ring (bicyclic) bond motifs is 1. The zero-order valence-corrected chi connectivity index (χ0v) is 10.6. The van der Waals surface area contributed by atoms with Crippen LogP contribution in [0, 0.1) is 5.41 Å². The molecule has 1 aliphatic rings. The minimum absolute atomic E-state index is 0.0557. The van der Waals surface area contributed by atoms with Gasteiger partial charge in [0.15, 0.2) is 0 Å². The fourth-order valence-electron chi connectivity index (χ4n) is 1.95. The first-order valence-corrected chi connectivity index (χ1v) is 6.17. The van der Waals surface area contributed by atoms with Crippen LogP contribution in [0.3, 0.4) is 0 Å². The maximum absolute atomic E-state index is 9.16. The second-order valence-electron chi connectivity index (χ2n) is 5.47. The molecule has 1 aromatic rings. The van der Waals surface area contributed by atoms with Gasteiger partial charge in [0.1, 0.15) is 5.75 Å². The molecule has 0 fully saturated rings. The van der Waals surface area contributed by atoms with Crippen molar-refractivity contribution < 1.29 is 9.84 Å². The maximum Gasteiger partial charge on any atom is 0.122 e. The molecule has 1 aromatic carbocycles. The number of benzene rings is 1. The molecule has 0 atom stereocenters. The van der Waals surface area contributed by atoms with E-state index in [0.717, 1.165) is 31.9 Å². The molecule has 17 heavy (non-hydrogen) atoms. The predicted molar refractivity (Wildman–Crippen MR) is 68.2 cm³/mol. The van der Waals surface area contributed by atoms with Crippen LogP contribution < -0.4 is 10.1 Å². The monoisotopic (exact) mass is 235 g/mol. The van der Waals surface area contributed by atoms with Gasteiger partial charge in [-0.3, -0.25) is 0 Å². The van der Waals surface area contributed by atoms with Crippen LogP contribution in [0.2, 0.25) is 0 Å². The highest BCUT2D eigenvalue weighted by Gasteiger charge is 2.16. The van der Waals surface area contributed by atoms with E-state index in [2.05, 4.69) is 37.4 Å². The lowest BCUT2D eigenvalue weighted by Gasteiger charge is -2.22. The van der Waals surface area contributed by atoms with Gasteiger partial charge in [-0.15, -0.1) is 0 Å². The summed E-state index contributed by atoms with van der Waals surface area (Å²) < 4.78 is 5.48. The van der Waals surface area contributed by atoms with Crippen molar-refractivity contribution in [3.05, 3.63) is 29.3 Å². The molecular weight excluding hydrogens is 214 g/mol. The van der Waals surface area contributed by atoms with Crippen molar-refractivity contribution in [2.24, 2.45) is 5.41 Å². The highest BCUT2D eigenvalue weighted by atomic mass is 16.5. The average molecular weight is 235 g/mol. The third kappa shape index (κ3) is 3.20. The molecule has 0 aliphatic carbocycles. The summed E-state index contributed by atoms with van der Waals surface area (Å²) in [6.07, 6.45) is 1.02. The van der Waals surface area contributed by atoms with E-state index in [0.29, 0.717) is 0 Å². The van der Waals surface area contributed by atoms with Crippen LogP contribution in [0.25, 0.3) is 0 Å². The van der Waals surface area contributed by atoms with E-state index in [1.807, 2.05) is 0 Å². The largest absolute Gasteiger partial charge is 0.493 e. The average Bonchev–Trinajstić information content (AvgIpc) is 2.76. The van der Waals surface area contributed by atoms with E-state index in [4.69, 9.17) is 9.84 Å². The van der Waals surface area contributed by atoms with Crippen molar-refractivity contribution in [3.63, 3.8) is 0 Å². The van der Waals surface area contributed by atoms with Crippen LogP contribution >= 0.6 is 0 Å². The normalized spacial score (nSPS) is 14.5. The summed E-state index contributed by atoms with van der Waals surface area (Å²) in [7, 11) is 0. The molecule has 0 amide bonds. The lowest BCUT2D eigenvalue weighted by atomic mass is 9.95. The molecule has 0 saturated heterocycles. The number of hydrogen-bond donors (Lipinski definition) is 2. The number of nitrogens with one attached hydrogen (secondary N) is 1. The van der Waals surface area contributed by atoms with Crippen LogP contribution in [0.1, 0.15) is 25.0 Å². The van der Waals surface area contributed by atoms with E-state index in [-0.39, 0.29) is 12.0 Å². The van der Waals surface area contributed by atoms with Gasteiger partial charge in [-0.05, 0) is 17.2 Å². The van der Waals surface area contributed by atoms with Crippen molar-refractivity contribution >= 4 is 0 Å². The predicted octanol–water partition coefficient (Wildman–Crippen LogP) is 1.73. The molecule has 0 bridgehead atoms. The minimum Gasteiger partial charge on any atom is -0.493 e. The molecular formula is C14H21NO2. The van der Waals surface area contributed by atoms with Gasteiger partial charge in [0.2, 0.25) is 0 Å². The summed E-state index contributed by atoms with van der Waals surface area (Å²) in [6, 6.07) is 6.36. The Bertz CT molecular complexity index is 388. The summed E-state index contributed by atoms with van der Waals surface area (Å²) >= 11 is 0. The smallest absolute Gasteiger partial charge is 0.122 e. The van der Waals surface area contributed by atoms with Gasteiger partial charge in [0, 0.05) is 31.5 Å². The molecule has 0 aromatic heterocycles. The van der Waals surface area contributed by atoms with E-state index in [1.165, 1.54) is 11.1 Å². The van der Waals surface area contributed by atoms with Crippen LogP contribution in [0.4, 0.5) is 0 Å².